The molecule has 1 saturated heterocycles. The highest BCUT2D eigenvalue weighted by Crippen LogP contribution is 2.22. The third-order valence-corrected chi connectivity index (χ3v) is 4.67. The molecule has 3 amide bonds. The summed E-state index contributed by atoms with van der Waals surface area (Å²) in [6.07, 6.45) is 2.39. The van der Waals surface area contributed by atoms with Crippen LogP contribution in [0.1, 0.15) is 16.7 Å². The third-order valence-electron chi connectivity index (χ3n) is 4.67. The van der Waals surface area contributed by atoms with Gasteiger partial charge in [-0.1, -0.05) is 48.0 Å². The summed E-state index contributed by atoms with van der Waals surface area (Å²) in [5.41, 5.74) is 4.16. The Kier molecular flexibility index (Phi) is 3.76. The van der Waals surface area contributed by atoms with Crippen LogP contribution < -0.4 is 5.32 Å². The number of imide groups is 1. The van der Waals surface area contributed by atoms with E-state index >= 15 is 0 Å². The van der Waals surface area contributed by atoms with Gasteiger partial charge in [0.2, 0.25) is 0 Å². The Morgan fingerprint density at radius 1 is 1.04 bits per heavy atom. The molecule has 5 heteroatoms. The van der Waals surface area contributed by atoms with E-state index in [1.807, 2.05) is 61.7 Å². The van der Waals surface area contributed by atoms with Crippen LogP contribution in [0.2, 0.25) is 0 Å². The maximum absolute atomic E-state index is 12.7. The molecule has 1 aromatic heterocycles. The lowest BCUT2D eigenvalue weighted by Gasteiger charge is -2.13. The Labute approximate surface area is 145 Å². The van der Waals surface area contributed by atoms with Crippen LogP contribution in [0.5, 0.6) is 0 Å². The van der Waals surface area contributed by atoms with Crippen LogP contribution in [0.25, 0.3) is 10.9 Å². The van der Waals surface area contributed by atoms with E-state index in [0.717, 1.165) is 27.6 Å². The maximum Gasteiger partial charge on any atom is 0.325 e. The van der Waals surface area contributed by atoms with E-state index in [1.54, 1.807) is 0 Å². The Morgan fingerprint density at radius 2 is 1.80 bits per heavy atom. The van der Waals surface area contributed by atoms with Crippen LogP contribution >= 0.6 is 0 Å². The van der Waals surface area contributed by atoms with Gasteiger partial charge in [-0.15, -0.1) is 0 Å². The molecule has 0 aliphatic carbocycles. The first-order valence-electron chi connectivity index (χ1n) is 8.34. The summed E-state index contributed by atoms with van der Waals surface area (Å²) < 4.78 is 0. The van der Waals surface area contributed by atoms with Gasteiger partial charge in [-0.25, -0.2) is 4.79 Å². The van der Waals surface area contributed by atoms with Gasteiger partial charge in [0, 0.05) is 23.5 Å². The van der Waals surface area contributed by atoms with Gasteiger partial charge in [-0.05, 0) is 24.1 Å². The minimum Gasteiger partial charge on any atom is -0.361 e. The zero-order chi connectivity index (χ0) is 17.4. The minimum absolute atomic E-state index is 0.171. The summed E-state index contributed by atoms with van der Waals surface area (Å²) in [5.74, 6) is -0.171. The molecule has 0 spiro atoms. The second-order valence-electron chi connectivity index (χ2n) is 6.48. The molecule has 5 nitrogen and oxygen atoms in total. The number of urea groups is 1. The molecule has 2 N–H and O–H groups in total. The van der Waals surface area contributed by atoms with Gasteiger partial charge < -0.3 is 10.3 Å². The fourth-order valence-electron chi connectivity index (χ4n) is 3.26. The number of carbonyl (C=O) groups excluding carboxylic acids is 2. The van der Waals surface area contributed by atoms with Gasteiger partial charge in [-0.2, -0.15) is 0 Å². The fourth-order valence-corrected chi connectivity index (χ4v) is 3.26. The van der Waals surface area contributed by atoms with Crippen molar-refractivity contribution < 1.29 is 9.59 Å². The Balaban J connectivity index is 1.51. The number of H-pyrrole nitrogens is 1. The smallest absolute Gasteiger partial charge is 0.325 e. The molecular weight excluding hydrogens is 314 g/mol. The number of amides is 3. The van der Waals surface area contributed by atoms with Crippen molar-refractivity contribution in [1.82, 2.24) is 15.2 Å². The van der Waals surface area contributed by atoms with E-state index in [2.05, 4.69) is 10.3 Å². The first kappa shape index (κ1) is 15.4. The molecule has 1 fully saturated rings. The molecule has 0 bridgehead atoms. The number of aryl methyl sites for hydroxylation is 1. The first-order valence-corrected chi connectivity index (χ1v) is 8.34. The zero-order valence-electron chi connectivity index (χ0n) is 14.0. The Morgan fingerprint density at radius 3 is 2.60 bits per heavy atom. The van der Waals surface area contributed by atoms with E-state index in [-0.39, 0.29) is 11.9 Å². The summed E-state index contributed by atoms with van der Waals surface area (Å²) in [6.45, 7) is 2.31. The molecule has 1 aliphatic rings. The number of hydrogen-bond acceptors (Lipinski definition) is 2. The maximum atomic E-state index is 12.7. The van der Waals surface area contributed by atoms with Crippen molar-refractivity contribution in [3.05, 3.63) is 71.4 Å². The van der Waals surface area contributed by atoms with Gasteiger partial charge in [0.05, 0.1) is 6.54 Å². The largest absolute Gasteiger partial charge is 0.361 e. The molecule has 1 atom stereocenters. The van der Waals surface area contributed by atoms with Crippen molar-refractivity contribution in [1.29, 1.82) is 0 Å². The second kappa shape index (κ2) is 6.09. The van der Waals surface area contributed by atoms with Gasteiger partial charge in [0.25, 0.3) is 5.91 Å². The van der Waals surface area contributed by atoms with Crippen LogP contribution in [0, 0.1) is 6.92 Å². The summed E-state index contributed by atoms with van der Waals surface area (Å²) in [4.78, 5) is 29.4. The average Bonchev–Trinajstić information content (AvgIpc) is 3.14. The molecule has 0 saturated carbocycles. The number of carbonyl (C=O) groups is 2. The Bertz CT molecular complexity index is 943. The monoisotopic (exact) mass is 333 g/mol. The standard InChI is InChI=1S/C20H19N3O2/c1-13-6-8-14(9-7-13)12-23-19(24)18(22-20(23)25)10-15-11-21-17-5-3-2-4-16(15)17/h2-9,11,18,21H,10,12H2,1H3,(H,22,25)/t18-/m0/s1. The molecule has 0 radical (unpaired) electrons. The number of hydrogen-bond donors (Lipinski definition) is 2. The number of benzene rings is 2. The lowest BCUT2D eigenvalue weighted by Crippen LogP contribution is -2.32. The van der Waals surface area contributed by atoms with Crippen molar-refractivity contribution in [3.8, 4) is 0 Å². The van der Waals surface area contributed by atoms with E-state index in [4.69, 9.17) is 0 Å². The molecule has 2 heterocycles. The van der Waals surface area contributed by atoms with Gasteiger partial charge in [0.1, 0.15) is 6.04 Å². The molecule has 1 aliphatic heterocycles. The van der Waals surface area contributed by atoms with E-state index in [0.29, 0.717) is 13.0 Å². The first-order chi connectivity index (χ1) is 12.1. The van der Waals surface area contributed by atoms with Gasteiger partial charge in [-0.3, -0.25) is 9.69 Å². The average molecular weight is 333 g/mol. The van der Waals surface area contributed by atoms with Crippen LogP contribution in [0.4, 0.5) is 4.79 Å². The van der Waals surface area contributed by atoms with Crippen molar-refractivity contribution in [3.63, 3.8) is 0 Å². The Hall–Kier alpha value is -3.08. The number of fused-ring (bicyclic) bond motifs is 1. The normalized spacial score (nSPS) is 17.3. The zero-order valence-corrected chi connectivity index (χ0v) is 14.0. The van der Waals surface area contributed by atoms with Crippen LogP contribution in [0.15, 0.2) is 54.7 Å². The number of aromatic amines is 1. The molecule has 2 aromatic carbocycles. The molecule has 126 valence electrons. The third kappa shape index (κ3) is 2.89. The topological polar surface area (TPSA) is 65.2 Å². The quantitative estimate of drug-likeness (QED) is 0.721. The molecule has 25 heavy (non-hydrogen) atoms. The fraction of sp³-hybridized carbons (Fsp3) is 0.200. The van der Waals surface area contributed by atoms with Crippen molar-refractivity contribution >= 4 is 22.8 Å². The summed E-state index contributed by atoms with van der Waals surface area (Å²) in [6, 6.07) is 15.0. The van der Waals surface area contributed by atoms with Crippen molar-refractivity contribution in [2.75, 3.05) is 0 Å². The van der Waals surface area contributed by atoms with Crippen molar-refractivity contribution in [2.24, 2.45) is 0 Å². The molecular formula is C20H19N3O2. The predicted octanol–water partition coefficient (Wildman–Crippen LogP) is 3.14. The molecule has 0 unspecified atom stereocenters. The van der Waals surface area contributed by atoms with Gasteiger partial charge in [0.15, 0.2) is 0 Å². The number of nitrogens with one attached hydrogen (secondary N) is 2. The summed E-state index contributed by atoms with van der Waals surface area (Å²) in [5, 5.41) is 3.90. The minimum atomic E-state index is -0.517. The highest BCUT2D eigenvalue weighted by atomic mass is 16.2. The highest BCUT2D eigenvalue weighted by molar-refractivity contribution is 6.04. The van der Waals surface area contributed by atoms with Gasteiger partial charge >= 0.3 is 6.03 Å². The lowest BCUT2D eigenvalue weighted by atomic mass is 10.0. The number of rotatable bonds is 4. The van der Waals surface area contributed by atoms with Crippen molar-refractivity contribution in [2.45, 2.75) is 25.9 Å². The number of aromatic nitrogens is 1. The second-order valence-corrected chi connectivity index (χ2v) is 6.48. The van der Waals surface area contributed by atoms with Crippen LogP contribution in [0.3, 0.4) is 0 Å². The lowest BCUT2D eigenvalue weighted by molar-refractivity contribution is -0.127. The summed E-state index contributed by atoms with van der Waals surface area (Å²) >= 11 is 0. The summed E-state index contributed by atoms with van der Waals surface area (Å²) in [7, 11) is 0. The van der Waals surface area contributed by atoms with E-state index < -0.39 is 6.04 Å². The van der Waals surface area contributed by atoms with Crippen LogP contribution in [-0.2, 0) is 17.8 Å². The highest BCUT2D eigenvalue weighted by Gasteiger charge is 2.38. The SMILES string of the molecule is Cc1ccc(CN2C(=O)N[C@@H](Cc3c[nH]c4ccccc34)C2=O)cc1. The number of nitrogens with zero attached hydrogens (tertiary/aromatic N) is 1. The molecule has 3 aromatic rings. The number of para-hydroxylation sites is 1. The van der Waals surface area contributed by atoms with Crippen LogP contribution in [-0.4, -0.2) is 27.9 Å². The van der Waals surface area contributed by atoms with E-state index in [9.17, 15) is 9.59 Å². The predicted molar refractivity (Wildman–Crippen MR) is 96.1 cm³/mol. The molecule has 4 rings (SSSR count). The van der Waals surface area contributed by atoms with E-state index in [1.165, 1.54) is 4.90 Å².